The van der Waals surface area contributed by atoms with Crippen LogP contribution in [0.1, 0.15) is 25.7 Å². The van der Waals surface area contributed by atoms with Crippen LogP contribution >= 0.6 is 0 Å². The van der Waals surface area contributed by atoms with Crippen molar-refractivity contribution in [3.05, 3.63) is 12.2 Å². The van der Waals surface area contributed by atoms with Gasteiger partial charge in [0.05, 0.1) is 6.54 Å². The van der Waals surface area contributed by atoms with Gasteiger partial charge in [-0.3, -0.25) is 4.79 Å². The molecule has 0 fully saturated rings. The average molecular weight is 299 g/mol. The van der Waals surface area contributed by atoms with Crippen molar-refractivity contribution in [2.75, 3.05) is 52.9 Å². The molecule has 1 amide bonds. The molecule has 0 saturated carbocycles. The van der Waals surface area contributed by atoms with Gasteiger partial charge < -0.3 is 27.0 Å². The molecular weight excluding hydrogens is 266 g/mol. The van der Waals surface area contributed by atoms with Gasteiger partial charge in [-0.2, -0.15) is 0 Å². The van der Waals surface area contributed by atoms with E-state index in [2.05, 4.69) is 28.7 Å². The van der Waals surface area contributed by atoms with Gasteiger partial charge in [-0.25, -0.2) is 0 Å². The van der Waals surface area contributed by atoms with E-state index in [0.717, 1.165) is 45.6 Å². The molecule has 0 atom stereocenters. The van der Waals surface area contributed by atoms with Crippen LogP contribution in [0.2, 0.25) is 0 Å². The number of carbonyl (C=O) groups is 1. The summed E-state index contributed by atoms with van der Waals surface area (Å²) in [6.07, 6.45) is 8.51. The summed E-state index contributed by atoms with van der Waals surface area (Å²) in [5, 5.41) is 6.11. The number of amides is 1. The van der Waals surface area contributed by atoms with E-state index in [1.165, 1.54) is 12.8 Å². The highest BCUT2D eigenvalue weighted by atomic mass is 16.1. The fourth-order valence-electron chi connectivity index (χ4n) is 1.86. The number of nitrogens with one attached hydrogen (secondary N) is 2. The lowest BCUT2D eigenvalue weighted by Crippen LogP contribution is -2.30. The van der Waals surface area contributed by atoms with Crippen molar-refractivity contribution in [2.24, 2.45) is 11.5 Å². The zero-order chi connectivity index (χ0) is 15.8. The van der Waals surface area contributed by atoms with Gasteiger partial charge in [0.25, 0.3) is 0 Å². The number of nitrogens with zero attached hydrogens (tertiary/aromatic N) is 1. The van der Waals surface area contributed by atoms with Crippen LogP contribution in [0.3, 0.4) is 0 Å². The van der Waals surface area contributed by atoms with Gasteiger partial charge >= 0.3 is 0 Å². The minimum Gasteiger partial charge on any atom is -0.352 e. The lowest BCUT2D eigenvalue weighted by molar-refractivity contribution is -0.119. The molecule has 0 radical (unpaired) electrons. The van der Waals surface area contributed by atoms with E-state index in [-0.39, 0.29) is 12.5 Å². The van der Waals surface area contributed by atoms with Crippen LogP contribution in [0.15, 0.2) is 12.2 Å². The predicted octanol–water partition coefficient (Wildman–Crippen LogP) is -0.342. The number of rotatable bonds is 14. The third kappa shape index (κ3) is 15.3. The van der Waals surface area contributed by atoms with Crippen LogP contribution in [-0.2, 0) is 4.79 Å². The molecule has 0 aromatic rings. The lowest BCUT2D eigenvalue weighted by atomic mass is 10.2. The monoisotopic (exact) mass is 299 g/mol. The van der Waals surface area contributed by atoms with Gasteiger partial charge in [-0.1, -0.05) is 12.2 Å². The molecule has 0 spiro atoms. The molecule has 124 valence electrons. The zero-order valence-electron chi connectivity index (χ0n) is 13.4. The highest BCUT2D eigenvalue weighted by Crippen LogP contribution is 1.93. The van der Waals surface area contributed by atoms with Crippen LogP contribution in [0.4, 0.5) is 0 Å². The molecule has 0 heterocycles. The molecule has 0 rings (SSSR count). The average Bonchev–Trinajstić information content (AvgIpc) is 2.50. The first kappa shape index (κ1) is 20.1. The van der Waals surface area contributed by atoms with E-state index in [1.54, 1.807) is 0 Å². The van der Waals surface area contributed by atoms with Crippen LogP contribution in [-0.4, -0.2) is 63.7 Å². The van der Waals surface area contributed by atoms with Crippen LogP contribution in [0.5, 0.6) is 0 Å². The maximum absolute atomic E-state index is 10.9. The maximum Gasteiger partial charge on any atom is 0.233 e. The Morgan fingerprint density at radius 1 is 1.10 bits per heavy atom. The Morgan fingerprint density at radius 2 is 1.86 bits per heavy atom. The van der Waals surface area contributed by atoms with Gasteiger partial charge in [-0.05, 0) is 65.5 Å². The molecule has 0 bridgehead atoms. The molecule has 0 aliphatic carbocycles. The minimum atomic E-state index is -0.116. The SMILES string of the molecule is CN(CCCN)CCCCNCCC=CCNC(=O)CN. The molecule has 0 aromatic heterocycles. The summed E-state index contributed by atoms with van der Waals surface area (Å²) >= 11 is 0. The second kappa shape index (κ2) is 15.4. The van der Waals surface area contributed by atoms with E-state index < -0.39 is 0 Å². The lowest BCUT2D eigenvalue weighted by Gasteiger charge is -2.15. The summed E-state index contributed by atoms with van der Waals surface area (Å²) < 4.78 is 0. The highest BCUT2D eigenvalue weighted by Gasteiger charge is 1.96. The molecule has 6 nitrogen and oxygen atoms in total. The van der Waals surface area contributed by atoms with Crippen molar-refractivity contribution in [1.29, 1.82) is 0 Å². The molecule has 0 aliphatic heterocycles. The van der Waals surface area contributed by atoms with E-state index in [1.807, 2.05) is 6.08 Å². The number of hydrogen-bond donors (Lipinski definition) is 4. The number of hydrogen-bond acceptors (Lipinski definition) is 5. The summed E-state index contributed by atoms with van der Waals surface area (Å²) in [6, 6.07) is 0. The van der Waals surface area contributed by atoms with Crippen LogP contribution < -0.4 is 22.1 Å². The van der Waals surface area contributed by atoms with Crippen molar-refractivity contribution in [3.8, 4) is 0 Å². The number of carbonyl (C=O) groups excluding carboxylic acids is 1. The van der Waals surface area contributed by atoms with Gasteiger partial charge in [0.15, 0.2) is 0 Å². The van der Waals surface area contributed by atoms with Gasteiger partial charge in [0.2, 0.25) is 5.91 Å². The first-order chi connectivity index (χ1) is 10.2. The van der Waals surface area contributed by atoms with E-state index in [9.17, 15) is 4.79 Å². The third-order valence-electron chi connectivity index (χ3n) is 3.14. The number of unbranched alkanes of at least 4 members (excludes halogenated alkanes) is 1. The van der Waals surface area contributed by atoms with Crippen molar-refractivity contribution in [3.63, 3.8) is 0 Å². The Morgan fingerprint density at radius 3 is 2.57 bits per heavy atom. The fraction of sp³-hybridized carbons (Fsp3) is 0.800. The molecule has 0 saturated heterocycles. The predicted molar refractivity (Wildman–Crippen MR) is 89.1 cm³/mol. The second-order valence-electron chi connectivity index (χ2n) is 5.17. The Kier molecular flexibility index (Phi) is 14.7. The third-order valence-corrected chi connectivity index (χ3v) is 3.14. The fourth-order valence-corrected chi connectivity index (χ4v) is 1.86. The number of nitrogens with two attached hydrogens (primary N) is 2. The summed E-state index contributed by atoms with van der Waals surface area (Å²) in [4.78, 5) is 13.2. The van der Waals surface area contributed by atoms with Crippen molar-refractivity contribution >= 4 is 5.91 Å². The standard InChI is InChI=1S/C15H33N5O/c1-20(13-7-8-16)12-6-5-10-18-9-3-2-4-11-19-15(21)14-17/h2,4,18H,3,5-14,16-17H2,1H3,(H,19,21). The highest BCUT2D eigenvalue weighted by molar-refractivity contribution is 5.77. The van der Waals surface area contributed by atoms with Crippen molar-refractivity contribution < 1.29 is 4.79 Å². The Hall–Kier alpha value is -0.950. The molecular formula is C15H33N5O. The van der Waals surface area contributed by atoms with Crippen LogP contribution in [0, 0.1) is 0 Å². The molecule has 21 heavy (non-hydrogen) atoms. The second-order valence-corrected chi connectivity index (χ2v) is 5.17. The first-order valence-corrected chi connectivity index (χ1v) is 7.91. The molecule has 6 heteroatoms. The summed E-state index contributed by atoms with van der Waals surface area (Å²) in [5.74, 6) is -0.116. The van der Waals surface area contributed by atoms with E-state index in [4.69, 9.17) is 11.5 Å². The van der Waals surface area contributed by atoms with E-state index >= 15 is 0 Å². The molecule has 0 aromatic carbocycles. The van der Waals surface area contributed by atoms with E-state index in [0.29, 0.717) is 6.54 Å². The normalized spacial score (nSPS) is 11.4. The summed E-state index contributed by atoms with van der Waals surface area (Å²) in [5.41, 5.74) is 10.7. The Labute approximate surface area is 129 Å². The Balaban J connectivity index is 3.22. The largest absolute Gasteiger partial charge is 0.352 e. The minimum absolute atomic E-state index is 0.0524. The summed E-state index contributed by atoms with van der Waals surface area (Å²) in [7, 11) is 2.15. The quantitative estimate of drug-likeness (QED) is 0.260. The summed E-state index contributed by atoms with van der Waals surface area (Å²) in [6.45, 7) is 5.65. The molecule has 0 unspecified atom stereocenters. The van der Waals surface area contributed by atoms with Gasteiger partial charge in [-0.15, -0.1) is 0 Å². The van der Waals surface area contributed by atoms with Crippen molar-refractivity contribution in [1.82, 2.24) is 15.5 Å². The smallest absolute Gasteiger partial charge is 0.233 e. The molecule has 6 N–H and O–H groups in total. The Bertz CT molecular complexity index is 271. The van der Waals surface area contributed by atoms with Crippen LogP contribution in [0.25, 0.3) is 0 Å². The maximum atomic E-state index is 10.9. The molecule has 0 aliphatic rings. The van der Waals surface area contributed by atoms with Gasteiger partial charge in [0.1, 0.15) is 0 Å². The van der Waals surface area contributed by atoms with Crippen molar-refractivity contribution in [2.45, 2.75) is 25.7 Å². The zero-order valence-corrected chi connectivity index (χ0v) is 13.4. The first-order valence-electron chi connectivity index (χ1n) is 7.91. The van der Waals surface area contributed by atoms with Gasteiger partial charge in [0, 0.05) is 6.54 Å². The topological polar surface area (TPSA) is 96.4 Å².